The topological polar surface area (TPSA) is 58.6 Å². The van der Waals surface area contributed by atoms with E-state index in [1.165, 1.54) is 11.1 Å². The van der Waals surface area contributed by atoms with Gasteiger partial charge in [-0.3, -0.25) is 4.79 Å². The summed E-state index contributed by atoms with van der Waals surface area (Å²) in [5.74, 6) is 0.0486. The molecular weight excluding hydrogens is 266 g/mol. The van der Waals surface area contributed by atoms with Crippen LogP contribution in [0.3, 0.4) is 0 Å². The Hall–Kier alpha value is -1.39. The number of aryl methyl sites for hydroxylation is 2. The van der Waals surface area contributed by atoms with Crippen LogP contribution in [0.15, 0.2) is 24.3 Å². The van der Waals surface area contributed by atoms with Gasteiger partial charge in [0.2, 0.25) is 5.91 Å². The van der Waals surface area contributed by atoms with Crippen molar-refractivity contribution in [2.45, 2.75) is 45.6 Å². The summed E-state index contributed by atoms with van der Waals surface area (Å²) in [6.07, 6.45) is 2.29. The van der Waals surface area contributed by atoms with Gasteiger partial charge in [0.1, 0.15) is 0 Å². The zero-order valence-electron chi connectivity index (χ0n) is 13.3. The van der Waals surface area contributed by atoms with Gasteiger partial charge < -0.3 is 15.2 Å². The smallest absolute Gasteiger partial charge is 0.220 e. The predicted octanol–water partition coefficient (Wildman–Crippen LogP) is 2.22. The van der Waals surface area contributed by atoms with Gasteiger partial charge in [0, 0.05) is 13.0 Å². The molecule has 0 saturated heterocycles. The van der Waals surface area contributed by atoms with Crippen LogP contribution in [-0.2, 0) is 16.0 Å². The molecule has 21 heavy (non-hydrogen) atoms. The molecule has 1 aromatic rings. The maximum absolute atomic E-state index is 11.7. The minimum Gasteiger partial charge on any atom is -0.393 e. The summed E-state index contributed by atoms with van der Waals surface area (Å²) in [4.78, 5) is 11.7. The first-order valence-electron chi connectivity index (χ1n) is 7.50. The van der Waals surface area contributed by atoms with Crippen LogP contribution in [0.1, 0.15) is 37.8 Å². The second-order valence-electron chi connectivity index (χ2n) is 5.96. The van der Waals surface area contributed by atoms with Crippen molar-refractivity contribution in [2.75, 3.05) is 19.8 Å². The molecule has 4 heteroatoms. The summed E-state index contributed by atoms with van der Waals surface area (Å²) in [7, 11) is 0. The lowest BCUT2D eigenvalue weighted by molar-refractivity contribution is -0.122. The Balaban J connectivity index is 2.10. The number of aliphatic hydroxyl groups is 1. The highest BCUT2D eigenvalue weighted by Crippen LogP contribution is 2.07. The molecule has 0 aliphatic carbocycles. The van der Waals surface area contributed by atoms with Crippen LogP contribution in [0.2, 0.25) is 0 Å². The fraction of sp³-hybridized carbons (Fsp3) is 0.588. The van der Waals surface area contributed by atoms with E-state index in [-0.39, 0.29) is 12.5 Å². The van der Waals surface area contributed by atoms with E-state index in [9.17, 15) is 4.79 Å². The zero-order chi connectivity index (χ0) is 15.7. The van der Waals surface area contributed by atoms with Gasteiger partial charge in [-0.1, -0.05) is 29.8 Å². The first-order chi connectivity index (χ1) is 9.93. The second-order valence-corrected chi connectivity index (χ2v) is 5.96. The fourth-order valence-electron chi connectivity index (χ4n) is 1.86. The first kappa shape index (κ1) is 17.7. The molecule has 1 aromatic carbocycles. The molecule has 2 N–H and O–H groups in total. The Morgan fingerprint density at radius 2 is 1.95 bits per heavy atom. The van der Waals surface area contributed by atoms with Crippen LogP contribution in [0.4, 0.5) is 0 Å². The predicted molar refractivity (Wildman–Crippen MR) is 84.2 cm³/mol. The van der Waals surface area contributed by atoms with Gasteiger partial charge in [-0.25, -0.2) is 0 Å². The Kier molecular flexibility index (Phi) is 7.40. The first-order valence-corrected chi connectivity index (χ1v) is 7.50. The number of hydrogen-bond donors (Lipinski definition) is 2. The van der Waals surface area contributed by atoms with Crippen molar-refractivity contribution in [1.29, 1.82) is 0 Å². The third-order valence-electron chi connectivity index (χ3n) is 3.29. The van der Waals surface area contributed by atoms with E-state index in [1.807, 2.05) is 13.8 Å². The number of ether oxygens (including phenoxy) is 1. The lowest BCUT2D eigenvalue weighted by atomic mass is 10.1. The van der Waals surface area contributed by atoms with E-state index in [2.05, 4.69) is 36.5 Å². The zero-order valence-corrected chi connectivity index (χ0v) is 13.3. The van der Waals surface area contributed by atoms with Gasteiger partial charge in [-0.05, 0) is 39.2 Å². The second kappa shape index (κ2) is 8.80. The molecule has 0 radical (unpaired) electrons. The van der Waals surface area contributed by atoms with Crippen LogP contribution in [0.5, 0.6) is 0 Å². The van der Waals surface area contributed by atoms with Crippen LogP contribution >= 0.6 is 0 Å². The lowest BCUT2D eigenvalue weighted by Gasteiger charge is -2.22. The van der Waals surface area contributed by atoms with Crippen molar-refractivity contribution in [1.82, 2.24) is 5.32 Å². The fourth-order valence-corrected chi connectivity index (χ4v) is 1.86. The molecular formula is C17H27NO3. The standard InChI is InChI=1S/C17H27NO3/c1-14-7-9-15(10-8-14)5-4-6-16(20)18-11-12-21-17(2,3)13-19/h7-10,19H,4-6,11-13H2,1-3H3,(H,18,20). The lowest BCUT2D eigenvalue weighted by Crippen LogP contribution is -2.34. The van der Waals surface area contributed by atoms with Crippen LogP contribution in [-0.4, -0.2) is 36.4 Å². The maximum atomic E-state index is 11.7. The number of benzene rings is 1. The van der Waals surface area contributed by atoms with Crippen molar-refractivity contribution < 1.29 is 14.6 Å². The SMILES string of the molecule is Cc1ccc(CCCC(=O)NCCOC(C)(C)CO)cc1. The monoisotopic (exact) mass is 293 g/mol. The normalized spacial score (nSPS) is 11.4. The minimum absolute atomic E-state index is 0.0303. The number of carbonyl (C=O) groups is 1. The van der Waals surface area contributed by atoms with Gasteiger partial charge in [0.05, 0.1) is 18.8 Å². The van der Waals surface area contributed by atoms with Crippen LogP contribution in [0.25, 0.3) is 0 Å². The molecule has 0 aliphatic rings. The third kappa shape index (κ3) is 7.83. The Bertz CT molecular complexity index is 426. The number of nitrogens with one attached hydrogen (secondary N) is 1. The molecule has 4 nitrogen and oxygen atoms in total. The molecule has 0 heterocycles. The van der Waals surface area contributed by atoms with Gasteiger partial charge in [0.15, 0.2) is 0 Å². The van der Waals surface area contributed by atoms with Gasteiger partial charge in [-0.15, -0.1) is 0 Å². The minimum atomic E-state index is -0.545. The summed E-state index contributed by atoms with van der Waals surface area (Å²) in [6, 6.07) is 8.40. The maximum Gasteiger partial charge on any atom is 0.220 e. The molecule has 0 unspecified atom stereocenters. The average molecular weight is 293 g/mol. The van der Waals surface area contributed by atoms with Crippen molar-refractivity contribution in [3.05, 3.63) is 35.4 Å². The van der Waals surface area contributed by atoms with E-state index >= 15 is 0 Å². The van der Waals surface area contributed by atoms with Gasteiger partial charge >= 0.3 is 0 Å². The van der Waals surface area contributed by atoms with E-state index in [0.29, 0.717) is 19.6 Å². The van der Waals surface area contributed by atoms with Crippen LogP contribution < -0.4 is 5.32 Å². The molecule has 0 fully saturated rings. The molecule has 0 aromatic heterocycles. The quantitative estimate of drug-likeness (QED) is 0.686. The van der Waals surface area contributed by atoms with E-state index in [4.69, 9.17) is 9.84 Å². The third-order valence-corrected chi connectivity index (χ3v) is 3.29. The molecule has 0 atom stereocenters. The molecule has 118 valence electrons. The van der Waals surface area contributed by atoms with E-state index in [0.717, 1.165) is 12.8 Å². The van der Waals surface area contributed by atoms with Crippen molar-refractivity contribution in [3.63, 3.8) is 0 Å². The molecule has 0 spiro atoms. The summed E-state index contributed by atoms with van der Waals surface area (Å²) >= 11 is 0. The van der Waals surface area contributed by atoms with Gasteiger partial charge in [-0.2, -0.15) is 0 Å². The van der Waals surface area contributed by atoms with E-state index in [1.54, 1.807) is 0 Å². The Morgan fingerprint density at radius 1 is 1.29 bits per heavy atom. The summed E-state index contributed by atoms with van der Waals surface area (Å²) in [5, 5.41) is 11.9. The molecule has 0 aliphatic heterocycles. The van der Waals surface area contributed by atoms with Gasteiger partial charge in [0.25, 0.3) is 0 Å². The van der Waals surface area contributed by atoms with E-state index < -0.39 is 5.60 Å². The average Bonchev–Trinajstić information content (AvgIpc) is 2.46. The highest BCUT2D eigenvalue weighted by atomic mass is 16.5. The number of carbonyl (C=O) groups excluding carboxylic acids is 1. The number of hydrogen-bond acceptors (Lipinski definition) is 3. The van der Waals surface area contributed by atoms with Crippen molar-refractivity contribution in [3.8, 4) is 0 Å². The number of amides is 1. The largest absolute Gasteiger partial charge is 0.393 e. The summed E-state index contributed by atoms with van der Waals surface area (Å²) < 4.78 is 5.45. The number of aliphatic hydroxyl groups excluding tert-OH is 1. The molecule has 1 rings (SSSR count). The van der Waals surface area contributed by atoms with Crippen LogP contribution in [0, 0.1) is 6.92 Å². The highest BCUT2D eigenvalue weighted by Gasteiger charge is 2.16. The molecule has 0 bridgehead atoms. The highest BCUT2D eigenvalue weighted by molar-refractivity contribution is 5.75. The van der Waals surface area contributed by atoms with Crippen molar-refractivity contribution in [2.24, 2.45) is 0 Å². The van der Waals surface area contributed by atoms with Crippen molar-refractivity contribution >= 4 is 5.91 Å². The molecule has 1 amide bonds. The number of rotatable bonds is 9. The Labute approximate surface area is 127 Å². The Morgan fingerprint density at radius 3 is 2.57 bits per heavy atom. The summed E-state index contributed by atoms with van der Waals surface area (Å²) in [5.41, 5.74) is 1.97. The molecule has 0 saturated carbocycles. The summed E-state index contributed by atoms with van der Waals surface area (Å²) in [6.45, 7) is 6.56.